The molecule has 13 atom stereocenters. The van der Waals surface area contributed by atoms with E-state index >= 15 is 0 Å². The van der Waals surface area contributed by atoms with Gasteiger partial charge in [-0.05, 0) is 171 Å². The van der Waals surface area contributed by atoms with E-state index in [0.29, 0.717) is 36.5 Å². The number of esters is 1. The second kappa shape index (κ2) is 49.9. The first-order valence-electron chi connectivity index (χ1n) is 39.8. The summed E-state index contributed by atoms with van der Waals surface area (Å²) < 4.78 is 17.5. The number of halogens is 1. The van der Waals surface area contributed by atoms with Crippen molar-refractivity contribution in [1.29, 1.82) is 0 Å². The third kappa shape index (κ3) is 40.5. The lowest BCUT2D eigenvalue weighted by Gasteiger charge is -2.41. The number of fused-ring (bicyclic) bond motifs is 1. The van der Waals surface area contributed by atoms with E-state index in [4.69, 9.17) is 31.5 Å². The molecule has 0 aromatic carbocycles. The number of aromatic nitrogens is 3. The Morgan fingerprint density at radius 2 is 1.13 bits per heavy atom. The number of aliphatic hydroxyl groups excluding tert-OH is 3. The van der Waals surface area contributed by atoms with Gasteiger partial charge in [0, 0.05) is 66.2 Å². The first-order chi connectivity index (χ1) is 49.4. The molecule has 2 unspecified atom stereocenters. The van der Waals surface area contributed by atoms with Crippen LogP contribution in [0.2, 0.25) is 0 Å². The quantitative estimate of drug-likeness (QED) is 0.0232. The fourth-order valence-electron chi connectivity index (χ4n) is 11.5. The zero-order valence-corrected chi connectivity index (χ0v) is 78.9. The Balaban J connectivity index is 0. The Morgan fingerprint density at radius 3 is 1.51 bits per heavy atom. The van der Waals surface area contributed by atoms with Gasteiger partial charge in [-0.25, -0.2) is 19.7 Å². The van der Waals surface area contributed by atoms with E-state index in [9.17, 15) is 34.5 Å². The van der Waals surface area contributed by atoms with Crippen molar-refractivity contribution in [2.75, 3.05) is 18.1 Å². The Bertz CT molecular complexity index is 2950. The van der Waals surface area contributed by atoms with Crippen LogP contribution in [0.3, 0.4) is 0 Å². The largest absolute Gasteiger partial charge is 0.462 e. The van der Waals surface area contributed by atoms with Crippen molar-refractivity contribution in [3.05, 3.63) is 70.4 Å². The van der Waals surface area contributed by atoms with Crippen molar-refractivity contribution >= 4 is 95.3 Å². The molecule has 2 aliphatic rings. The summed E-state index contributed by atoms with van der Waals surface area (Å²) in [5.74, 6) is 2.32. The highest BCUT2D eigenvalue weighted by atomic mass is 35.5. The number of ether oxygens (including phenoxy) is 3. The summed E-state index contributed by atoms with van der Waals surface area (Å²) in [5, 5.41) is 40.1. The summed E-state index contributed by atoms with van der Waals surface area (Å²) in [6.07, 6.45) is 7.46. The molecule has 21 heteroatoms. The van der Waals surface area contributed by atoms with Crippen LogP contribution in [0.15, 0.2) is 69.8 Å². The molecular weight excluding hydrogens is 1470 g/mol. The minimum absolute atomic E-state index is 0.0170. The molecule has 0 radical (unpaired) electrons. The number of Topliss-reactive ketones (excluding diaryl/α,β-unsaturated/α-hetero) is 1. The zero-order chi connectivity index (χ0) is 84.5. The summed E-state index contributed by atoms with van der Waals surface area (Å²) in [5.41, 5.74) is 5.75. The summed E-state index contributed by atoms with van der Waals surface area (Å²) in [4.78, 5) is 62.8. The van der Waals surface area contributed by atoms with Crippen LogP contribution in [0.1, 0.15) is 291 Å². The molecule has 108 heavy (non-hydrogen) atoms. The second-order valence-electron chi connectivity index (χ2n) is 36.6. The zero-order valence-electron chi connectivity index (χ0n) is 74.0. The van der Waals surface area contributed by atoms with Gasteiger partial charge in [0.05, 0.1) is 58.6 Å². The van der Waals surface area contributed by atoms with Crippen molar-refractivity contribution in [3.8, 4) is 0 Å². The molecule has 2 aliphatic heterocycles. The number of nitrogens with one attached hydrogen (secondary N) is 1. The topological polar surface area (TPSA) is 237 Å². The van der Waals surface area contributed by atoms with E-state index in [1.807, 2.05) is 96.3 Å². The average molecular weight is 1630 g/mol. The van der Waals surface area contributed by atoms with Gasteiger partial charge in [0.15, 0.2) is 0 Å². The molecule has 5 heterocycles. The van der Waals surface area contributed by atoms with Gasteiger partial charge in [0.2, 0.25) is 5.91 Å². The first kappa shape index (κ1) is 107. The number of thiazole rings is 1. The number of rotatable bonds is 20. The average Bonchev–Trinajstić information content (AvgIpc) is 1.61. The molecule has 6 N–H and O–H groups in total. The highest BCUT2D eigenvalue weighted by Gasteiger charge is 2.53. The molecule has 0 spiro atoms. The highest BCUT2D eigenvalue weighted by Crippen LogP contribution is 2.46. The summed E-state index contributed by atoms with van der Waals surface area (Å²) in [7, 11) is 6.80. The van der Waals surface area contributed by atoms with Gasteiger partial charge in [-0.3, -0.25) is 14.4 Å². The summed E-state index contributed by atoms with van der Waals surface area (Å²) >= 11 is 6.98. The number of epoxide rings is 1. The monoisotopic (exact) mass is 1630 g/mol. The van der Waals surface area contributed by atoms with Gasteiger partial charge in [0.1, 0.15) is 28.0 Å². The van der Waals surface area contributed by atoms with Gasteiger partial charge in [-0.1, -0.05) is 262 Å². The van der Waals surface area contributed by atoms with E-state index in [1.165, 1.54) is 0 Å². The number of aryl methyl sites for hydroxylation is 1. The third-order valence-electron chi connectivity index (χ3n) is 22.1. The molecule has 0 aliphatic carbocycles. The number of carbonyl (C=O) groups excluding carboxylic acids is 4. The fraction of sp³-hybridized carbons (Fsp3) is 0.782. The molecule has 15 nitrogen and oxygen atoms in total. The highest BCUT2D eigenvalue weighted by molar-refractivity contribution is 8.77. The molecule has 5 rings (SSSR count). The van der Waals surface area contributed by atoms with Crippen LogP contribution < -0.4 is 11.1 Å². The van der Waals surface area contributed by atoms with E-state index in [1.54, 1.807) is 87.7 Å². The molecule has 2 saturated heterocycles. The Morgan fingerprint density at radius 1 is 0.704 bits per heavy atom. The number of pyridine rings is 2. The van der Waals surface area contributed by atoms with Crippen LogP contribution in [0.4, 0.5) is 4.79 Å². The standard InChI is InChI=1S/C27H42N2O5S.C22H37NO2S2.C14H27ClO2.C13H28O.C7H10N2S2.2C2H6/c1-15-9-8-10-27(7)22(34-27)12-20(16(2)11-19-14-35-18(4)28-19)29-23(31)13-21(30)26(5,6)25(33)17(3)24(15)32;1-16(21(3,4)5)20(17(2)22(6,7)8)25-19(24)13-11-15-26-27-18-12-9-10-14-23-18;1-9(13(3,4)5)11(17-12(15)16)10(2)14(6,7)8;1-9(12(3,4)5)11(14)10(2)13(6,7)8;8-4-6-10-11-7-3-1-2-5-9-7;2*1-2/h11,14-15,17,20-22,24,30,32H,8-10,12-13H2,1-7H3,(H,29,31);9-10,12,14,16-17,20H,11,13,15H2,1-8H3;9-11H,1-8H3;9-11,14H,1-8H3;1-3,5H,4,6,8H2;2*1-2H3/b16-11+;;;;;;/t15-,17+,20?,21-,22?,24-,27+;16-,17-;2*9-,10-;;;/m0111.../s1. The maximum atomic E-state index is 13.2. The van der Waals surface area contributed by atoms with Crippen LogP contribution in [0, 0.1) is 92.2 Å². The number of aliphatic hydroxyl groups is 3. The minimum atomic E-state index is -1.17. The minimum Gasteiger partial charge on any atom is -0.462 e. The van der Waals surface area contributed by atoms with Gasteiger partial charge < -0.3 is 40.6 Å². The van der Waals surface area contributed by atoms with Gasteiger partial charge >= 0.3 is 11.4 Å². The molecule has 3 aromatic rings. The Kier molecular flexibility index (Phi) is 49.6. The molecule has 626 valence electrons. The lowest BCUT2D eigenvalue weighted by Crippen LogP contribution is -2.47. The number of hydrogen-bond acceptors (Lipinski definition) is 19. The number of nitrogens with two attached hydrogens (primary N) is 1. The number of carbonyl (C=O) groups is 4. The number of nitrogens with zero attached hydrogens (tertiary/aromatic N) is 3. The van der Waals surface area contributed by atoms with Crippen LogP contribution >= 0.6 is 66.1 Å². The lowest BCUT2D eigenvalue weighted by atomic mass is 9.69. The van der Waals surface area contributed by atoms with Gasteiger partial charge in [0.25, 0.3) is 0 Å². The van der Waals surface area contributed by atoms with Crippen LogP contribution in [0.5, 0.6) is 0 Å². The van der Waals surface area contributed by atoms with E-state index in [2.05, 4.69) is 193 Å². The summed E-state index contributed by atoms with van der Waals surface area (Å²) in [6.45, 7) is 74.1. The Labute approximate surface area is 684 Å². The van der Waals surface area contributed by atoms with Crippen LogP contribution in [-0.2, 0) is 28.6 Å². The normalized spacial score (nSPS) is 22.0. The summed E-state index contributed by atoms with van der Waals surface area (Å²) in [6, 6.07) is 11.5. The SMILES string of the molecule is C/C(=C\c1csc(C)n1)C1CC2O[C@]2(C)CCC[C@H](C)[C@H](O)[C@@H](C)C(=O)C(C)(C)[C@@H](O)CC(=O)N1.CC.CC.C[C@H](C(O)[C@@H](C)C(C)(C)C)C(C)(C)C.C[C@H](C(OC(=O)CCCSSc1ccccn1)[C@@H](C)C(C)(C)C)C(C)(C)C.C[C@H](C(OC(=O)Cl)[C@@H](C)C(C)(C)C)C(C)(C)C.NCCSSc1ccccn1. The predicted octanol–water partition coefficient (Wildman–Crippen LogP) is 23.6. The Hall–Kier alpha value is -2.76. The molecular formula is C87H156ClN5O10S5. The second-order valence-corrected chi connectivity index (χ2v) is 42.9. The maximum absolute atomic E-state index is 13.2. The van der Waals surface area contributed by atoms with Crippen molar-refractivity contribution in [1.82, 2.24) is 20.3 Å². The number of hydrogen-bond donors (Lipinski definition) is 5. The van der Waals surface area contributed by atoms with Gasteiger partial charge in [-0.2, -0.15) is 0 Å². The van der Waals surface area contributed by atoms with Gasteiger partial charge in [-0.15, -0.1) is 11.3 Å². The predicted molar refractivity (Wildman–Crippen MR) is 468 cm³/mol. The molecule has 2 fully saturated rings. The molecule has 0 bridgehead atoms. The molecule has 0 saturated carbocycles. The molecule has 3 aromatic heterocycles. The maximum Gasteiger partial charge on any atom is 0.404 e. The van der Waals surface area contributed by atoms with Crippen LogP contribution in [0.25, 0.3) is 6.08 Å². The smallest absolute Gasteiger partial charge is 0.404 e. The van der Waals surface area contributed by atoms with Crippen molar-refractivity contribution < 1.29 is 48.7 Å². The number of amides is 1. The van der Waals surface area contributed by atoms with Crippen molar-refractivity contribution in [3.63, 3.8) is 0 Å². The third-order valence-corrected chi connectivity index (χ3v) is 27.7. The van der Waals surface area contributed by atoms with E-state index < -0.39 is 29.0 Å². The van der Waals surface area contributed by atoms with Crippen LogP contribution in [-0.4, -0.2) is 120 Å². The number of ketones is 1. The first-order valence-corrected chi connectivity index (χ1v) is 45.7. The van der Waals surface area contributed by atoms with E-state index in [0.717, 1.165) is 70.1 Å². The van der Waals surface area contributed by atoms with Crippen molar-refractivity contribution in [2.24, 2.45) is 91.0 Å². The van der Waals surface area contributed by atoms with Crippen molar-refractivity contribution in [2.45, 2.75) is 346 Å². The molecule has 1 amide bonds. The lowest BCUT2D eigenvalue weighted by molar-refractivity contribution is -0.160. The fourth-order valence-corrected chi connectivity index (χ4v) is 15.9. The van der Waals surface area contributed by atoms with E-state index in [-0.39, 0.29) is 110 Å².